The van der Waals surface area contributed by atoms with Gasteiger partial charge in [0.25, 0.3) is 5.91 Å². The lowest BCUT2D eigenvalue weighted by atomic mass is 9.82. The van der Waals surface area contributed by atoms with E-state index in [1.165, 1.54) is 22.1 Å². The number of anilines is 1. The van der Waals surface area contributed by atoms with Crippen LogP contribution in [0.25, 0.3) is 11.3 Å². The normalized spacial score (nSPS) is 13.3. The molecule has 7 nitrogen and oxygen atoms in total. The lowest BCUT2D eigenvalue weighted by molar-refractivity contribution is 0.103. The van der Waals surface area contributed by atoms with Crippen LogP contribution in [0.1, 0.15) is 46.1 Å². The van der Waals surface area contributed by atoms with Crippen LogP contribution in [0.5, 0.6) is 5.75 Å². The van der Waals surface area contributed by atoms with Crippen LogP contribution in [-0.2, 0) is 6.54 Å². The van der Waals surface area contributed by atoms with Gasteiger partial charge in [-0.05, 0) is 54.1 Å². The van der Waals surface area contributed by atoms with E-state index in [1.54, 1.807) is 30.3 Å². The third-order valence-electron chi connectivity index (χ3n) is 6.12. The first-order valence-corrected chi connectivity index (χ1v) is 12.5. The minimum absolute atomic E-state index is 0.0322. The van der Waals surface area contributed by atoms with Crippen molar-refractivity contribution in [1.29, 1.82) is 0 Å². The highest BCUT2D eigenvalue weighted by Gasteiger charge is 2.27. The number of benzene rings is 2. The van der Waals surface area contributed by atoms with Gasteiger partial charge in [-0.1, -0.05) is 42.3 Å². The molecule has 1 saturated carbocycles. The number of hydrogen-bond donors (Lipinski definition) is 3. The topological polar surface area (TPSA) is 96.3 Å². The molecular weight excluding hydrogens is 484 g/mol. The van der Waals surface area contributed by atoms with E-state index in [9.17, 15) is 14.7 Å². The number of phenolic OH excluding ortho intramolecular Hbond substituents is 1. The quantitative estimate of drug-likeness (QED) is 0.288. The van der Waals surface area contributed by atoms with Gasteiger partial charge in [0.15, 0.2) is 0 Å². The number of aromatic hydroxyl groups is 1. The number of carbonyl (C=O) groups is 2. The first kappa shape index (κ1) is 23.1. The Morgan fingerprint density at radius 1 is 1.11 bits per heavy atom. The van der Waals surface area contributed by atoms with Crippen LogP contribution >= 0.6 is 22.9 Å². The molecule has 4 aromatic rings. The number of nitrogens with one attached hydrogen (secondary N) is 2. The number of phenols is 1. The van der Waals surface area contributed by atoms with Crippen molar-refractivity contribution < 1.29 is 14.7 Å². The molecule has 0 unspecified atom stereocenters. The molecule has 5 rings (SSSR count). The van der Waals surface area contributed by atoms with Crippen LogP contribution in [0, 0.1) is 0 Å². The third kappa shape index (κ3) is 4.94. The van der Waals surface area contributed by atoms with E-state index < -0.39 is 0 Å². The fourth-order valence-corrected chi connectivity index (χ4v) is 4.82. The number of rotatable bonds is 6. The zero-order valence-electron chi connectivity index (χ0n) is 18.7. The molecule has 1 aliphatic rings. The van der Waals surface area contributed by atoms with E-state index in [0.717, 1.165) is 30.5 Å². The highest BCUT2D eigenvalue weighted by molar-refractivity contribution is 7.12. The number of hydrogen-bond acceptors (Lipinski definition) is 5. The van der Waals surface area contributed by atoms with Gasteiger partial charge >= 0.3 is 6.03 Å². The second-order valence-electron chi connectivity index (χ2n) is 8.41. The third-order valence-corrected chi connectivity index (χ3v) is 7.35. The van der Waals surface area contributed by atoms with Gasteiger partial charge in [0, 0.05) is 34.8 Å². The predicted octanol–water partition coefficient (Wildman–Crippen LogP) is 6.25. The van der Waals surface area contributed by atoms with Crippen LogP contribution in [0.4, 0.5) is 10.5 Å². The van der Waals surface area contributed by atoms with Gasteiger partial charge in [-0.25, -0.2) is 4.79 Å². The second-order valence-corrected chi connectivity index (χ2v) is 9.76. The average molecular weight is 507 g/mol. The average Bonchev–Trinajstić information content (AvgIpc) is 3.48. The maximum atomic E-state index is 13.0. The van der Waals surface area contributed by atoms with Crippen LogP contribution in [0.3, 0.4) is 0 Å². The Kier molecular flexibility index (Phi) is 6.57. The summed E-state index contributed by atoms with van der Waals surface area (Å²) in [5.74, 6) is -0.0250. The summed E-state index contributed by atoms with van der Waals surface area (Å²) in [7, 11) is 0. The van der Waals surface area contributed by atoms with Crippen LogP contribution in [0.2, 0.25) is 5.02 Å². The number of halogens is 1. The van der Waals surface area contributed by atoms with Gasteiger partial charge in [0.2, 0.25) is 0 Å². The summed E-state index contributed by atoms with van der Waals surface area (Å²) < 4.78 is 1.39. The van der Waals surface area contributed by atoms with Crippen molar-refractivity contribution in [3.63, 3.8) is 0 Å². The minimum Gasteiger partial charge on any atom is -0.507 e. The first-order valence-electron chi connectivity index (χ1n) is 11.3. The fraction of sp³-hybridized carbons (Fsp3) is 0.192. The summed E-state index contributed by atoms with van der Waals surface area (Å²) in [4.78, 5) is 25.9. The van der Waals surface area contributed by atoms with Crippen molar-refractivity contribution in [2.45, 2.75) is 31.7 Å². The van der Waals surface area contributed by atoms with Crippen molar-refractivity contribution in [2.75, 3.05) is 5.32 Å². The van der Waals surface area contributed by atoms with Crippen molar-refractivity contribution in [3.8, 4) is 17.0 Å². The summed E-state index contributed by atoms with van der Waals surface area (Å²) in [6, 6.07) is 17.3. The van der Waals surface area contributed by atoms with Crippen molar-refractivity contribution in [1.82, 2.24) is 15.1 Å². The molecule has 0 bridgehead atoms. The Bertz CT molecular complexity index is 1380. The Labute approximate surface area is 211 Å². The second kappa shape index (κ2) is 9.93. The monoisotopic (exact) mass is 506 g/mol. The maximum Gasteiger partial charge on any atom is 0.342 e. The Morgan fingerprint density at radius 2 is 1.94 bits per heavy atom. The van der Waals surface area contributed by atoms with Gasteiger partial charge in [0.05, 0.1) is 16.3 Å². The van der Waals surface area contributed by atoms with Gasteiger partial charge in [0.1, 0.15) is 5.75 Å². The zero-order valence-corrected chi connectivity index (χ0v) is 20.3. The number of thiophene rings is 1. The predicted molar refractivity (Wildman–Crippen MR) is 137 cm³/mol. The lowest BCUT2D eigenvalue weighted by Crippen LogP contribution is -2.31. The molecule has 2 aromatic heterocycles. The van der Waals surface area contributed by atoms with Gasteiger partial charge in [-0.15, -0.1) is 11.3 Å². The van der Waals surface area contributed by atoms with E-state index in [0.29, 0.717) is 26.8 Å². The summed E-state index contributed by atoms with van der Waals surface area (Å²) >= 11 is 7.56. The van der Waals surface area contributed by atoms with E-state index in [4.69, 9.17) is 11.6 Å². The molecule has 3 N–H and O–H groups in total. The zero-order chi connectivity index (χ0) is 24.4. The van der Waals surface area contributed by atoms with E-state index in [1.807, 2.05) is 29.6 Å². The molecule has 1 fully saturated rings. The van der Waals surface area contributed by atoms with Gasteiger partial charge < -0.3 is 15.7 Å². The highest BCUT2D eigenvalue weighted by Crippen LogP contribution is 2.39. The van der Waals surface area contributed by atoms with Crippen molar-refractivity contribution in [3.05, 3.63) is 87.2 Å². The van der Waals surface area contributed by atoms with Crippen molar-refractivity contribution >= 4 is 40.6 Å². The molecule has 1 aliphatic carbocycles. The van der Waals surface area contributed by atoms with Gasteiger partial charge in [-0.2, -0.15) is 9.78 Å². The molecule has 178 valence electrons. The van der Waals surface area contributed by atoms with Crippen LogP contribution in [0.15, 0.2) is 66.0 Å². The molecule has 2 heterocycles. The van der Waals surface area contributed by atoms with Gasteiger partial charge in [-0.3, -0.25) is 4.79 Å². The summed E-state index contributed by atoms with van der Waals surface area (Å²) in [5.41, 5.74) is 3.09. The lowest BCUT2D eigenvalue weighted by Gasteiger charge is -2.25. The molecule has 0 spiro atoms. The minimum atomic E-state index is -0.350. The highest BCUT2D eigenvalue weighted by atomic mass is 35.5. The standard InChI is InChI=1S/C26H23ClN4O3S/c27-20-8-2-1-5-17(20)15-28-26(34)31-22(16-6-3-7-16)14-21(30-31)19-11-10-18(13-23(19)32)29-25(33)24-9-4-12-35-24/h1-2,4-5,8-14,16,32H,3,6-7,15H2,(H,28,34)(H,29,33). The maximum absolute atomic E-state index is 13.0. The Balaban J connectivity index is 1.37. The van der Waals surface area contributed by atoms with Crippen LogP contribution in [-0.4, -0.2) is 26.8 Å². The summed E-state index contributed by atoms with van der Waals surface area (Å²) in [6.45, 7) is 0.279. The van der Waals surface area contributed by atoms with E-state index in [-0.39, 0.29) is 30.2 Å². The molecule has 0 radical (unpaired) electrons. The fourth-order valence-electron chi connectivity index (χ4n) is 4.00. The van der Waals surface area contributed by atoms with E-state index >= 15 is 0 Å². The number of aromatic nitrogens is 2. The number of amides is 2. The summed E-state index contributed by atoms with van der Waals surface area (Å²) in [5, 5.41) is 23.3. The van der Waals surface area contributed by atoms with Crippen LogP contribution < -0.4 is 10.6 Å². The molecule has 0 atom stereocenters. The largest absolute Gasteiger partial charge is 0.507 e. The first-order chi connectivity index (χ1) is 17.0. The van der Waals surface area contributed by atoms with E-state index in [2.05, 4.69) is 15.7 Å². The summed E-state index contributed by atoms with van der Waals surface area (Å²) in [6.07, 6.45) is 3.08. The molecule has 9 heteroatoms. The number of carbonyl (C=O) groups excluding carboxylic acids is 2. The molecule has 2 amide bonds. The molecule has 0 saturated heterocycles. The molecule has 35 heavy (non-hydrogen) atoms. The Morgan fingerprint density at radius 3 is 2.63 bits per heavy atom. The number of nitrogens with zero attached hydrogens (tertiary/aromatic N) is 2. The molecular formula is C26H23ClN4O3S. The van der Waals surface area contributed by atoms with Crippen molar-refractivity contribution in [2.24, 2.45) is 0 Å². The SMILES string of the molecule is O=C(Nc1ccc(-c2cc(C3CCC3)n(C(=O)NCc3ccccc3Cl)n2)c(O)c1)c1cccs1. The molecule has 0 aliphatic heterocycles. The smallest absolute Gasteiger partial charge is 0.342 e. The molecule has 2 aromatic carbocycles. The Hall–Kier alpha value is -3.62.